The molecule has 242 valence electrons. The van der Waals surface area contributed by atoms with Gasteiger partial charge in [-0.1, -0.05) is 25.2 Å². The maximum Gasteiger partial charge on any atom is 0.254 e. The number of hydrogen-bond acceptors (Lipinski definition) is 9. The largest absolute Gasteiger partial charge is 0.457 e. The molecule has 0 bridgehead atoms. The molecule has 2 saturated heterocycles. The Morgan fingerprint density at radius 2 is 1.91 bits per heavy atom. The van der Waals surface area contributed by atoms with Gasteiger partial charge in [-0.2, -0.15) is 0 Å². The van der Waals surface area contributed by atoms with E-state index in [9.17, 15) is 9.59 Å². The molecule has 4 heterocycles. The smallest absolute Gasteiger partial charge is 0.254 e. The van der Waals surface area contributed by atoms with E-state index in [1.165, 1.54) is 46.6 Å². The molecule has 2 aliphatic rings. The van der Waals surface area contributed by atoms with E-state index in [1.807, 2.05) is 12.1 Å². The van der Waals surface area contributed by atoms with Gasteiger partial charge in [-0.3, -0.25) is 19.1 Å². The van der Waals surface area contributed by atoms with Crippen molar-refractivity contribution in [1.29, 1.82) is 0 Å². The quantitative estimate of drug-likeness (QED) is 0.264. The molecule has 46 heavy (non-hydrogen) atoms. The van der Waals surface area contributed by atoms with Crippen LogP contribution in [0, 0.1) is 5.82 Å². The van der Waals surface area contributed by atoms with E-state index in [-0.39, 0.29) is 41.9 Å². The highest BCUT2D eigenvalue weighted by molar-refractivity contribution is 7.14. The van der Waals surface area contributed by atoms with E-state index in [2.05, 4.69) is 39.2 Å². The van der Waals surface area contributed by atoms with E-state index < -0.39 is 23.9 Å². The Hall–Kier alpha value is -4.07. The van der Waals surface area contributed by atoms with Crippen LogP contribution in [0.5, 0.6) is 11.5 Å². The van der Waals surface area contributed by atoms with Gasteiger partial charge in [0.15, 0.2) is 0 Å². The van der Waals surface area contributed by atoms with Gasteiger partial charge in [-0.15, -0.1) is 10.2 Å². The monoisotopic (exact) mass is 650 g/mol. The molecule has 2 atom stereocenters. The molecule has 0 spiro atoms. The summed E-state index contributed by atoms with van der Waals surface area (Å²) in [7, 11) is 0. The predicted molar refractivity (Wildman–Crippen MR) is 170 cm³/mol. The fourth-order valence-corrected chi connectivity index (χ4v) is 6.61. The van der Waals surface area contributed by atoms with Gasteiger partial charge in [-0.05, 0) is 55.7 Å². The van der Waals surface area contributed by atoms with E-state index in [0.29, 0.717) is 37.5 Å². The van der Waals surface area contributed by atoms with Crippen molar-refractivity contribution in [2.24, 2.45) is 0 Å². The number of ether oxygens (including phenoxy) is 2. The lowest BCUT2D eigenvalue weighted by atomic mass is 9.98. The van der Waals surface area contributed by atoms with Crippen molar-refractivity contribution in [1.82, 2.24) is 30.0 Å². The maximum atomic E-state index is 15.5. The number of carbonyl (C=O) groups is 1. The first-order valence-electron chi connectivity index (χ1n) is 15.5. The summed E-state index contributed by atoms with van der Waals surface area (Å²) < 4.78 is 43.7. The maximum absolute atomic E-state index is 15.5. The molecule has 6 rings (SSSR count). The van der Waals surface area contributed by atoms with Crippen molar-refractivity contribution < 1.29 is 23.0 Å². The summed E-state index contributed by atoms with van der Waals surface area (Å²) in [5, 5.41) is 13.0. The molecule has 0 saturated carbocycles. The second-order valence-electron chi connectivity index (χ2n) is 11.9. The number of nitrogens with one attached hydrogen (secondary N) is 1. The van der Waals surface area contributed by atoms with E-state index in [0.717, 1.165) is 28.4 Å². The first-order chi connectivity index (χ1) is 22.2. The molecular formula is C33H36F2N6O4S. The highest BCUT2D eigenvalue weighted by atomic mass is 32.1. The number of aromatic nitrogens is 4. The third-order valence-electron chi connectivity index (χ3n) is 8.39. The predicted octanol–water partition coefficient (Wildman–Crippen LogP) is 5.19. The summed E-state index contributed by atoms with van der Waals surface area (Å²) in [5.74, 6) is -0.657. The van der Waals surface area contributed by atoms with Crippen molar-refractivity contribution in [2.75, 3.05) is 26.3 Å². The summed E-state index contributed by atoms with van der Waals surface area (Å²) in [5.41, 5.74) is 0.586. The van der Waals surface area contributed by atoms with Gasteiger partial charge in [0.05, 0.1) is 24.5 Å². The first-order valence-corrected chi connectivity index (χ1v) is 16.3. The molecule has 1 N–H and O–H groups in total. The van der Waals surface area contributed by atoms with Crippen LogP contribution in [0.4, 0.5) is 8.78 Å². The summed E-state index contributed by atoms with van der Waals surface area (Å²) >= 11 is 1.52. The third kappa shape index (κ3) is 7.32. The van der Waals surface area contributed by atoms with Gasteiger partial charge in [-0.25, -0.2) is 13.8 Å². The Morgan fingerprint density at radius 1 is 1.13 bits per heavy atom. The average Bonchev–Trinajstić information content (AvgIpc) is 3.56. The molecule has 13 heteroatoms. The van der Waals surface area contributed by atoms with E-state index in [4.69, 9.17) is 9.47 Å². The highest BCUT2D eigenvalue weighted by Gasteiger charge is 2.34. The van der Waals surface area contributed by atoms with Crippen molar-refractivity contribution in [3.05, 3.63) is 87.3 Å². The van der Waals surface area contributed by atoms with Gasteiger partial charge >= 0.3 is 0 Å². The van der Waals surface area contributed by atoms with Crippen LogP contribution in [0.25, 0.3) is 10.6 Å². The summed E-state index contributed by atoms with van der Waals surface area (Å²) in [6, 6.07) is 10.5. The SMILES string of the molecule is CC(C)c1nnc(-c2ccc(Oc3cc(C(=O)N[C@@H]4CCN(C5CCOCC5)C[C@@H]4F)c(F)cc3Cn3cnccc3=O)cc2)s1. The number of piperidine rings is 1. The van der Waals surface area contributed by atoms with Crippen LogP contribution >= 0.6 is 11.3 Å². The summed E-state index contributed by atoms with van der Waals surface area (Å²) in [6.45, 7) is 6.25. The zero-order valence-corrected chi connectivity index (χ0v) is 26.5. The van der Waals surface area contributed by atoms with Gasteiger partial charge in [0, 0.05) is 61.7 Å². The normalized spacial score (nSPS) is 19.3. The minimum Gasteiger partial charge on any atom is -0.457 e. The minimum atomic E-state index is -1.29. The number of nitrogens with zero attached hydrogens (tertiary/aromatic N) is 5. The van der Waals surface area contributed by atoms with Crippen molar-refractivity contribution >= 4 is 17.2 Å². The molecule has 0 radical (unpaired) electrons. The van der Waals surface area contributed by atoms with Crippen molar-refractivity contribution in [3.8, 4) is 22.1 Å². The first kappa shape index (κ1) is 31.9. The van der Waals surface area contributed by atoms with Crippen LogP contribution in [0.2, 0.25) is 0 Å². The number of carbonyl (C=O) groups excluding carboxylic acids is 1. The third-order valence-corrected chi connectivity index (χ3v) is 9.66. The van der Waals surface area contributed by atoms with Crippen LogP contribution in [-0.4, -0.2) is 75.1 Å². The Balaban J connectivity index is 1.22. The van der Waals surface area contributed by atoms with Crippen molar-refractivity contribution in [3.63, 3.8) is 0 Å². The fourth-order valence-electron chi connectivity index (χ4n) is 5.76. The molecule has 0 unspecified atom stereocenters. The van der Waals surface area contributed by atoms with E-state index >= 15 is 8.78 Å². The Bertz CT molecular complexity index is 1720. The lowest BCUT2D eigenvalue weighted by Crippen LogP contribution is -2.55. The zero-order chi connectivity index (χ0) is 32.2. The lowest BCUT2D eigenvalue weighted by Gasteiger charge is -2.40. The molecule has 2 aliphatic heterocycles. The Morgan fingerprint density at radius 3 is 2.61 bits per heavy atom. The standard InChI is InChI=1S/C33H36F2N6O4S/c1-20(2)32-38-39-33(46-32)21-3-5-24(6-4-21)45-29-16-25(26(34)15-22(29)17-41-19-36-11-7-30(41)42)31(43)37-28-8-12-40(18-27(28)35)23-9-13-44-14-10-23/h3-7,11,15-16,19-20,23,27-28H,8-10,12-14,17-18H2,1-2H3,(H,37,43)/t27-,28+/m0/s1. The van der Waals surface area contributed by atoms with Gasteiger partial charge < -0.3 is 14.8 Å². The topological polar surface area (TPSA) is 111 Å². The number of alkyl halides is 1. The van der Waals surface area contributed by atoms with Crippen LogP contribution in [0.3, 0.4) is 0 Å². The Kier molecular flexibility index (Phi) is 9.81. The molecule has 4 aromatic rings. The molecule has 10 nitrogen and oxygen atoms in total. The second-order valence-corrected chi connectivity index (χ2v) is 12.9. The fraction of sp³-hybridized carbons (Fsp3) is 0.424. The Labute approximate surface area is 269 Å². The molecular weight excluding hydrogens is 614 g/mol. The average molecular weight is 651 g/mol. The summed E-state index contributed by atoms with van der Waals surface area (Å²) in [6.07, 6.45) is 3.57. The van der Waals surface area contributed by atoms with Crippen molar-refractivity contribution in [2.45, 2.75) is 63.8 Å². The number of likely N-dealkylation sites (tertiary alicyclic amines) is 1. The lowest BCUT2D eigenvalue weighted by molar-refractivity contribution is 0.00512. The van der Waals surface area contributed by atoms with Crippen LogP contribution in [-0.2, 0) is 11.3 Å². The molecule has 2 aromatic carbocycles. The molecule has 0 aliphatic carbocycles. The van der Waals surface area contributed by atoms with Crippen LogP contribution in [0.15, 0.2) is 59.8 Å². The van der Waals surface area contributed by atoms with Gasteiger partial charge in [0.25, 0.3) is 11.5 Å². The number of benzene rings is 2. The second kappa shape index (κ2) is 14.1. The molecule has 2 aromatic heterocycles. The highest BCUT2D eigenvalue weighted by Crippen LogP contribution is 2.33. The van der Waals surface area contributed by atoms with Crippen LogP contribution in [0.1, 0.15) is 60.0 Å². The zero-order valence-electron chi connectivity index (χ0n) is 25.7. The summed E-state index contributed by atoms with van der Waals surface area (Å²) in [4.78, 5) is 31.9. The minimum absolute atomic E-state index is 0.0428. The van der Waals surface area contributed by atoms with E-state index in [1.54, 1.807) is 12.1 Å². The molecule has 2 fully saturated rings. The van der Waals surface area contributed by atoms with Crippen LogP contribution < -0.4 is 15.6 Å². The van der Waals surface area contributed by atoms with Gasteiger partial charge in [0.2, 0.25) is 0 Å². The number of amides is 1. The number of hydrogen-bond donors (Lipinski definition) is 1. The number of halogens is 2. The number of rotatable bonds is 9. The molecule has 1 amide bonds. The van der Waals surface area contributed by atoms with Gasteiger partial charge in [0.1, 0.15) is 33.5 Å².